The molecule has 0 radical (unpaired) electrons. The van der Waals surface area contributed by atoms with Crippen LogP contribution in [0.1, 0.15) is 50.7 Å². The van der Waals surface area contributed by atoms with Gasteiger partial charge in [-0.15, -0.1) is 0 Å². The van der Waals surface area contributed by atoms with Crippen LogP contribution in [0.25, 0.3) is 0 Å². The molecule has 0 spiro atoms. The van der Waals surface area contributed by atoms with E-state index in [0.717, 1.165) is 17.5 Å². The van der Waals surface area contributed by atoms with Crippen molar-refractivity contribution in [3.63, 3.8) is 0 Å². The summed E-state index contributed by atoms with van der Waals surface area (Å²) in [5.74, 6) is 0.185. The lowest BCUT2D eigenvalue weighted by molar-refractivity contribution is -0.133. The molecule has 2 aromatic carbocycles. The van der Waals surface area contributed by atoms with Crippen LogP contribution in [0.15, 0.2) is 60.7 Å². The molecule has 0 N–H and O–H groups in total. The van der Waals surface area contributed by atoms with Gasteiger partial charge < -0.3 is 14.5 Å². The molecule has 2 aliphatic rings. The SMILES string of the molecule is CC(C)(C)OC(=O)N1C[C@H]2C[C@@H]1CN2C(=O)CC(c1ccccc1)c1ccccc1. The molecule has 2 saturated heterocycles. The van der Waals surface area contributed by atoms with Gasteiger partial charge in [-0.1, -0.05) is 60.7 Å². The number of likely N-dealkylation sites (tertiary alicyclic amines) is 2. The molecule has 5 heteroatoms. The van der Waals surface area contributed by atoms with Crippen LogP contribution < -0.4 is 0 Å². The van der Waals surface area contributed by atoms with Crippen LogP contribution in [0, 0.1) is 0 Å². The Balaban J connectivity index is 1.45. The van der Waals surface area contributed by atoms with E-state index in [1.54, 1.807) is 4.90 Å². The van der Waals surface area contributed by atoms with Crippen molar-refractivity contribution in [1.82, 2.24) is 9.80 Å². The Bertz CT molecular complexity index is 852. The zero-order valence-corrected chi connectivity index (χ0v) is 18.0. The first-order valence-corrected chi connectivity index (χ1v) is 10.7. The maximum absolute atomic E-state index is 13.3. The lowest BCUT2D eigenvalue weighted by Gasteiger charge is -2.35. The predicted octanol–water partition coefficient (Wildman–Crippen LogP) is 4.43. The maximum atomic E-state index is 13.3. The van der Waals surface area contributed by atoms with Crippen molar-refractivity contribution < 1.29 is 14.3 Å². The zero-order chi connectivity index (χ0) is 21.3. The number of amides is 2. The fourth-order valence-corrected chi connectivity index (χ4v) is 4.61. The highest BCUT2D eigenvalue weighted by molar-refractivity contribution is 5.79. The number of hydrogen-bond acceptors (Lipinski definition) is 3. The molecule has 2 amide bonds. The van der Waals surface area contributed by atoms with Crippen LogP contribution in [0.2, 0.25) is 0 Å². The van der Waals surface area contributed by atoms with E-state index in [1.165, 1.54) is 0 Å². The van der Waals surface area contributed by atoms with Gasteiger partial charge in [-0.2, -0.15) is 0 Å². The molecular weight excluding hydrogens is 376 g/mol. The Morgan fingerprint density at radius 1 is 0.900 bits per heavy atom. The second-order valence-corrected chi connectivity index (χ2v) is 9.30. The lowest BCUT2D eigenvalue weighted by atomic mass is 9.88. The number of carbonyl (C=O) groups excluding carboxylic acids is 2. The van der Waals surface area contributed by atoms with E-state index in [-0.39, 0.29) is 30.0 Å². The van der Waals surface area contributed by atoms with Crippen molar-refractivity contribution >= 4 is 12.0 Å². The highest BCUT2D eigenvalue weighted by atomic mass is 16.6. The van der Waals surface area contributed by atoms with Crippen molar-refractivity contribution in [3.8, 4) is 0 Å². The molecule has 2 aliphatic heterocycles. The second kappa shape index (κ2) is 8.13. The minimum Gasteiger partial charge on any atom is -0.444 e. The average Bonchev–Trinajstić information content (AvgIpc) is 3.33. The fourth-order valence-electron chi connectivity index (χ4n) is 4.61. The number of nitrogens with zero attached hydrogens (tertiary/aromatic N) is 2. The third kappa shape index (κ3) is 4.35. The number of fused-ring (bicyclic) bond motifs is 2. The van der Waals surface area contributed by atoms with Gasteiger partial charge in [0.2, 0.25) is 5.91 Å². The van der Waals surface area contributed by atoms with Crippen molar-refractivity contribution in [2.45, 2.75) is 57.2 Å². The van der Waals surface area contributed by atoms with E-state index in [1.807, 2.05) is 62.1 Å². The topological polar surface area (TPSA) is 49.9 Å². The monoisotopic (exact) mass is 406 g/mol. The normalized spacial score (nSPS) is 20.7. The molecule has 0 aromatic heterocycles. The zero-order valence-electron chi connectivity index (χ0n) is 18.0. The van der Waals surface area contributed by atoms with Crippen molar-refractivity contribution in [3.05, 3.63) is 71.8 Å². The molecule has 4 rings (SSSR count). The van der Waals surface area contributed by atoms with E-state index >= 15 is 0 Å². The second-order valence-electron chi connectivity index (χ2n) is 9.30. The van der Waals surface area contributed by atoms with Crippen LogP contribution in [-0.2, 0) is 9.53 Å². The highest BCUT2D eigenvalue weighted by Crippen LogP contribution is 2.35. The van der Waals surface area contributed by atoms with Crippen molar-refractivity contribution in [2.75, 3.05) is 13.1 Å². The average molecular weight is 407 g/mol. The Morgan fingerprint density at radius 3 is 1.87 bits per heavy atom. The summed E-state index contributed by atoms with van der Waals surface area (Å²) in [5, 5.41) is 0. The van der Waals surface area contributed by atoms with Crippen LogP contribution in [0.4, 0.5) is 4.79 Å². The number of piperazine rings is 1. The minimum absolute atomic E-state index is 0.0287. The summed E-state index contributed by atoms with van der Waals surface area (Å²) >= 11 is 0. The first kappa shape index (κ1) is 20.5. The largest absolute Gasteiger partial charge is 0.444 e. The number of ether oxygens (including phenoxy) is 1. The number of rotatable bonds is 4. The Labute approximate surface area is 178 Å². The molecule has 5 nitrogen and oxygen atoms in total. The van der Waals surface area contributed by atoms with E-state index in [2.05, 4.69) is 24.3 Å². The summed E-state index contributed by atoms with van der Waals surface area (Å²) in [6, 6.07) is 20.6. The third-order valence-electron chi connectivity index (χ3n) is 5.97. The van der Waals surface area contributed by atoms with E-state index < -0.39 is 5.60 Å². The van der Waals surface area contributed by atoms with Gasteiger partial charge in [0.1, 0.15) is 5.60 Å². The first-order chi connectivity index (χ1) is 14.3. The van der Waals surface area contributed by atoms with E-state index in [4.69, 9.17) is 4.74 Å². The Morgan fingerprint density at radius 2 is 1.40 bits per heavy atom. The molecule has 0 unspecified atom stereocenters. The first-order valence-electron chi connectivity index (χ1n) is 10.7. The van der Waals surface area contributed by atoms with Gasteiger partial charge in [0.25, 0.3) is 0 Å². The van der Waals surface area contributed by atoms with Gasteiger partial charge in [0, 0.05) is 25.4 Å². The van der Waals surface area contributed by atoms with Crippen LogP contribution in [-0.4, -0.2) is 52.6 Å². The molecule has 2 aromatic rings. The smallest absolute Gasteiger partial charge is 0.410 e. The molecule has 0 saturated carbocycles. The molecule has 2 heterocycles. The summed E-state index contributed by atoms with van der Waals surface area (Å²) in [4.78, 5) is 29.5. The Kier molecular flexibility index (Phi) is 5.54. The maximum Gasteiger partial charge on any atom is 0.410 e. The fraction of sp³-hybridized carbons (Fsp3) is 0.440. The van der Waals surface area contributed by atoms with Crippen LogP contribution in [0.5, 0.6) is 0 Å². The summed E-state index contributed by atoms with van der Waals surface area (Å²) in [6.07, 6.45) is 1.00. The van der Waals surface area contributed by atoms with Crippen LogP contribution in [0.3, 0.4) is 0 Å². The quantitative estimate of drug-likeness (QED) is 0.755. The van der Waals surface area contributed by atoms with Gasteiger partial charge >= 0.3 is 6.09 Å². The van der Waals surface area contributed by atoms with E-state index in [0.29, 0.717) is 19.5 Å². The van der Waals surface area contributed by atoms with Crippen LogP contribution >= 0.6 is 0 Å². The molecule has 2 fully saturated rings. The van der Waals surface area contributed by atoms with Crippen molar-refractivity contribution in [1.29, 1.82) is 0 Å². The summed E-state index contributed by atoms with van der Waals surface area (Å²) in [5.41, 5.74) is 1.79. The summed E-state index contributed by atoms with van der Waals surface area (Å²) in [6.45, 7) is 6.79. The third-order valence-corrected chi connectivity index (χ3v) is 5.97. The van der Waals surface area contributed by atoms with Gasteiger partial charge in [0.05, 0.1) is 12.1 Å². The summed E-state index contributed by atoms with van der Waals surface area (Å²) in [7, 11) is 0. The van der Waals surface area contributed by atoms with Gasteiger partial charge in [0.15, 0.2) is 0 Å². The molecule has 30 heavy (non-hydrogen) atoms. The highest BCUT2D eigenvalue weighted by Gasteiger charge is 2.48. The standard InChI is InChI=1S/C25H30N2O3/c1-25(2,3)30-24(29)27-17-20-14-21(27)16-26(20)23(28)15-22(18-10-6-4-7-11-18)19-12-8-5-9-13-19/h4-13,20-22H,14-17H2,1-3H3/t20-,21-/m1/s1. The summed E-state index contributed by atoms with van der Waals surface area (Å²) < 4.78 is 5.53. The molecule has 158 valence electrons. The number of hydrogen-bond donors (Lipinski definition) is 0. The molecule has 2 atom stereocenters. The number of benzene rings is 2. The van der Waals surface area contributed by atoms with Gasteiger partial charge in [-0.25, -0.2) is 4.79 Å². The van der Waals surface area contributed by atoms with Gasteiger partial charge in [-0.3, -0.25) is 4.79 Å². The lowest BCUT2D eigenvalue weighted by Crippen LogP contribution is -2.51. The van der Waals surface area contributed by atoms with E-state index in [9.17, 15) is 9.59 Å². The Hall–Kier alpha value is -2.82. The molecular formula is C25H30N2O3. The predicted molar refractivity (Wildman–Crippen MR) is 116 cm³/mol. The van der Waals surface area contributed by atoms with Crippen molar-refractivity contribution in [2.24, 2.45) is 0 Å². The van der Waals surface area contributed by atoms with Gasteiger partial charge in [-0.05, 0) is 38.3 Å². The number of carbonyl (C=O) groups is 2. The molecule has 0 aliphatic carbocycles. The molecule has 2 bridgehead atoms. The minimum atomic E-state index is -0.507.